The average molecular weight is 442 g/mol. The second kappa shape index (κ2) is 10.5. The van der Waals surface area contributed by atoms with Gasteiger partial charge in [0.2, 0.25) is 0 Å². The summed E-state index contributed by atoms with van der Waals surface area (Å²) in [6, 6.07) is 18.2. The first-order chi connectivity index (χ1) is 15.0. The van der Waals surface area contributed by atoms with Crippen LogP contribution >= 0.6 is 11.6 Å². The Kier molecular flexibility index (Phi) is 7.48. The second-order valence-electron chi connectivity index (χ2n) is 6.47. The molecule has 0 radical (unpaired) electrons. The first-order valence-corrected chi connectivity index (χ1v) is 9.72. The zero-order valence-corrected chi connectivity index (χ0v) is 17.1. The lowest BCUT2D eigenvalue weighted by atomic mass is 10.0. The standard InChI is InChI=1S/C22H18ClNO4.CH2O2/c23-18-11-20-21(28-9-8-27-20)12-19(18)24-22(26)17-3-1-2-16(10-17)15-6-4-14(13-25)5-7-15;2-1-3/h1-7,10-12,25H,8-9,13H2,(H,24,26);1H,(H,2,3). The Labute approximate surface area is 183 Å². The number of benzene rings is 3. The topological polar surface area (TPSA) is 105 Å². The summed E-state index contributed by atoms with van der Waals surface area (Å²) >= 11 is 6.28. The lowest BCUT2D eigenvalue weighted by Crippen LogP contribution is -2.17. The van der Waals surface area contributed by atoms with Crippen molar-refractivity contribution in [3.05, 3.63) is 76.8 Å². The van der Waals surface area contributed by atoms with E-state index >= 15 is 0 Å². The van der Waals surface area contributed by atoms with Gasteiger partial charge in [-0.15, -0.1) is 0 Å². The lowest BCUT2D eigenvalue weighted by molar-refractivity contribution is -0.122. The molecule has 0 spiro atoms. The maximum absolute atomic E-state index is 12.7. The molecule has 0 fully saturated rings. The maximum Gasteiger partial charge on any atom is 0.290 e. The Balaban J connectivity index is 0.000000858. The van der Waals surface area contributed by atoms with Gasteiger partial charge in [0.15, 0.2) is 11.5 Å². The molecule has 0 unspecified atom stereocenters. The van der Waals surface area contributed by atoms with Gasteiger partial charge >= 0.3 is 0 Å². The summed E-state index contributed by atoms with van der Waals surface area (Å²) < 4.78 is 11.0. The van der Waals surface area contributed by atoms with E-state index in [9.17, 15) is 9.90 Å². The van der Waals surface area contributed by atoms with Crippen molar-refractivity contribution in [2.75, 3.05) is 18.5 Å². The monoisotopic (exact) mass is 441 g/mol. The molecule has 0 saturated heterocycles. The predicted octanol–water partition coefficient (Wildman–Crippen LogP) is 4.22. The largest absolute Gasteiger partial charge is 0.486 e. The number of carbonyl (C=O) groups is 2. The van der Waals surface area contributed by atoms with Gasteiger partial charge in [0, 0.05) is 17.7 Å². The quantitative estimate of drug-likeness (QED) is 0.523. The SMILES string of the molecule is O=C(Nc1cc2c(cc1Cl)OCCO2)c1cccc(-c2ccc(CO)cc2)c1.O=CO. The molecule has 7 nitrogen and oxygen atoms in total. The van der Waals surface area contributed by atoms with Gasteiger partial charge < -0.3 is 25.0 Å². The Morgan fingerprint density at radius 1 is 1.00 bits per heavy atom. The molecule has 0 bridgehead atoms. The summed E-state index contributed by atoms with van der Waals surface area (Å²) in [7, 11) is 0. The highest BCUT2D eigenvalue weighted by Gasteiger charge is 2.17. The van der Waals surface area contributed by atoms with Crippen molar-refractivity contribution < 1.29 is 29.3 Å². The van der Waals surface area contributed by atoms with Gasteiger partial charge in [0.25, 0.3) is 12.4 Å². The van der Waals surface area contributed by atoms with Crippen LogP contribution < -0.4 is 14.8 Å². The van der Waals surface area contributed by atoms with Crippen LogP contribution in [0.15, 0.2) is 60.7 Å². The third kappa shape index (κ3) is 5.53. The molecule has 3 N–H and O–H groups in total. The van der Waals surface area contributed by atoms with Gasteiger partial charge in [0.1, 0.15) is 13.2 Å². The van der Waals surface area contributed by atoms with Crippen molar-refractivity contribution in [1.29, 1.82) is 0 Å². The molecule has 1 amide bonds. The fourth-order valence-corrected chi connectivity index (χ4v) is 3.20. The summed E-state index contributed by atoms with van der Waals surface area (Å²) in [4.78, 5) is 21.1. The minimum Gasteiger partial charge on any atom is -0.486 e. The summed E-state index contributed by atoms with van der Waals surface area (Å²) in [5.41, 5.74) is 3.68. The molecule has 8 heteroatoms. The molecule has 160 valence electrons. The zero-order chi connectivity index (χ0) is 22.2. The fraction of sp³-hybridized carbons (Fsp3) is 0.130. The number of aliphatic hydroxyl groups is 1. The number of carbonyl (C=O) groups excluding carboxylic acids is 1. The Morgan fingerprint density at radius 3 is 2.29 bits per heavy atom. The number of nitrogens with one attached hydrogen (secondary N) is 1. The molecule has 0 saturated carbocycles. The number of aliphatic hydroxyl groups excluding tert-OH is 1. The number of anilines is 1. The number of carboxylic acid groups (broad SMARTS) is 1. The third-order valence-electron chi connectivity index (χ3n) is 4.47. The van der Waals surface area contributed by atoms with E-state index in [4.69, 9.17) is 31.0 Å². The molecule has 0 aliphatic carbocycles. The average Bonchev–Trinajstić information content (AvgIpc) is 2.80. The van der Waals surface area contributed by atoms with E-state index < -0.39 is 0 Å². The second-order valence-corrected chi connectivity index (χ2v) is 6.88. The molecular weight excluding hydrogens is 422 g/mol. The van der Waals surface area contributed by atoms with Crippen molar-refractivity contribution in [2.24, 2.45) is 0 Å². The number of rotatable bonds is 4. The number of hydrogen-bond acceptors (Lipinski definition) is 5. The molecule has 3 aromatic carbocycles. The molecule has 3 aromatic rings. The van der Waals surface area contributed by atoms with Crippen LogP contribution in [0.2, 0.25) is 5.02 Å². The van der Waals surface area contributed by atoms with E-state index in [1.165, 1.54) is 0 Å². The molecule has 1 heterocycles. The molecule has 1 aliphatic rings. The minimum atomic E-state index is -0.271. The molecule has 0 atom stereocenters. The summed E-state index contributed by atoms with van der Waals surface area (Å²) in [5, 5.41) is 19.3. The highest BCUT2D eigenvalue weighted by Crippen LogP contribution is 2.38. The van der Waals surface area contributed by atoms with Gasteiger partial charge in [0.05, 0.1) is 17.3 Å². The van der Waals surface area contributed by atoms with E-state index in [2.05, 4.69) is 5.32 Å². The molecule has 31 heavy (non-hydrogen) atoms. The maximum atomic E-state index is 12.7. The van der Waals surface area contributed by atoms with E-state index in [0.29, 0.717) is 41.0 Å². The third-order valence-corrected chi connectivity index (χ3v) is 4.79. The Bertz CT molecular complexity index is 1070. The van der Waals surface area contributed by atoms with Crippen LogP contribution in [0.4, 0.5) is 5.69 Å². The first kappa shape index (κ1) is 22.1. The van der Waals surface area contributed by atoms with Crippen LogP contribution in [-0.4, -0.2) is 35.8 Å². The molecular formula is C23H20ClNO6. The van der Waals surface area contributed by atoms with Gasteiger partial charge in [-0.25, -0.2) is 0 Å². The van der Waals surface area contributed by atoms with Crippen LogP contribution in [-0.2, 0) is 11.4 Å². The summed E-state index contributed by atoms with van der Waals surface area (Å²) in [6.07, 6.45) is 0. The number of ether oxygens (including phenoxy) is 2. The highest BCUT2D eigenvalue weighted by molar-refractivity contribution is 6.34. The number of fused-ring (bicyclic) bond motifs is 1. The van der Waals surface area contributed by atoms with Crippen LogP contribution in [0, 0.1) is 0 Å². The van der Waals surface area contributed by atoms with Crippen molar-refractivity contribution in [3.8, 4) is 22.6 Å². The van der Waals surface area contributed by atoms with Gasteiger partial charge in [-0.05, 0) is 28.8 Å². The highest BCUT2D eigenvalue weighted by atomic mass is 35.5. The van der Waals surface area contributed by atoms with Crippen LogP contribution in [0.1, 0.15) is 15.9 Å². The molecule has 0 aromatic heterocycles. The van der Waals surface area contributed by atoms with Gasteiger partial charge in [-0.1, -0.05) is 48.0 Å². The minimum absolute atomic E-state index is 0.000975. The fourth-order valence-electron chi connectivity index (χ4n) is 3.00. The number of amides is 1. The van der Waals surface area contributed by atoms with Crippen LogP contribution in [0.25, 0.3) is 11.1 Å². The summed E-state index contributed by atoms with van der Waals surface area (Å²) in [5.74, 6) is 0.860. The van der Waals surface area contributed by atoms with Crippen molar-refractivity contribution in [2.45, 2.75) is 6.61 Å². The summed E-state index contributed by atoms with van der Waals surface area (Å²) in [6.45, 7) is 0.680. The zero-order valence-electron chi connectivity index (χ0n) is 16.4. The van der Waals surface area contributed by atoms with E-state index in [-0.39, 0.29) is 19.0 Å². The molecule has 1 aliphatic heterocycles. The number of halogens is 1. The Hall–Kier alpha value is -3.55. The van der Waals surface area contributed by atoms with E-state index in [1.54, 1.807) is 18.2 Å². The van der Waals surface area contributed by atoms with Gasteiger partial charge in [-0.3, -0.25) is 9.59 Å². The first-order valence-electron chi connectivity index (χ1n) is 9.34. The van der Waals surface area contributed by atoms with Crippen molar-refractivity contribution in [3.63, 3.8) is 0 Å². The van der Waals surface area contributed by atoms with Crippen LogP contribution in [0.5, 0.6) is 11.5 Å². The lowest BCUT2D eigenvalue weighted by Gasteiger charge is -2.20. The van der Waals surface area contributed by atoms with Gasteiger partial charge in [-0.2, -0.15) is 0 Å². The van der Waals surface area contributed by atoms with Crippen LogP contribution in [0.3, 0.4) is 0 Å². The molecule has 4 rings (SSSR count). The number of hydrogen-bond donors (Lipinski definition) is 3. The van der Waals surface area contributed by atoms with E-state index in [0.717, 1.165) is 16.7 Å². The van der Waals surface area contributed by atoms with E-state index in [1.807, 2.05) is 42.5 Å². The predicted molar refractivity (Wildman–Crippen MR) is 117 cm³/mol. The smallest absolute Gasteiger partial charge is 0.290 e. The van der Waals surface area contributed by atoms with Crippen molar-refractivity contribution in [1.82, 2.24) is 0 Å². The van der Waals surface area contributed by atoms with Crippen molar-refractivity contribution >= 4 is 29.7 Å². The normalized spacial score (nSPS) is 11.7. The Morgan fingerprint density at radius 2 is 1.65 bits per heavy atom.